The normalized spacial score (nSPS) is 14.8. The zero-order chi connectivity index (χ0) is 13.8. The Morgan fingerprint density at radius 3 is 2.83 bits per heavy atom. The second kappa shape index (κ2) is 6.50. The van der Waals surface area contributed by atoms with E-state index in [1.165, 1.54) is 0 Å². The topological polar surface area (TPSA) is 41.3 Å². The highest BCUT2D eigenvalue weighted by Crippen LogP contribution is 2.31. The van der Waals surface area contributed by atoms with Gasteiger partial charge < -0.3 is 10.0 Å². The van der Waals surface area contributed by atoms with Crippen LogP contribution in [-0.2, 0) is 12.1 Å². The molecular formula is C13H22BrN3O. The van der Waals surface area contributed by atoms with Crippen LogP contribution in [0.1, 0.15) is 25.5 Å². The van der Waals surface area contributed by atoms with Crippen LogP contribution in [0, 0.1) is 0 Å². The minimum absolute atomic E-state index is 0.642. The molecule has 0 aliphatic rings. The number of likely N-dealkylation sites (N-methyl/N-ethyl adjacent to an activating group) is 1. The first-order valence-electron chi connectivity index (χ1n) is 6.08. The van der Waals surface area contributed by atoms with Crippen LogP contribution >= 0.6 is 15.9 Å². The van der Waals surface area contributed by atoms with E-state index >= 15 is 0 Å². The van der Waals surface area contributed by atoms with Crippen LogP contribution in [0.3, 0.4) is 0 Å². The Morgan fingerprint density at radius 2 is 2.28 bits per heavy atom. The molecule has 0 radical (unpaired) electrons. The molecule has 0 aliphatic carbocycles. The maximum absolute atomic E-state index is 10.6. The highest BCUT2D eigenvalue weighted by molar-refractivity contribution is 9.10. The first-order chi connectivity index (χ1) is 8.38. The lowest BCUT2D eigenvalue weighted by Crippen LogP contribution is -2.28. The molecule has 1 rings (SSSR count). The third kappa shape index (κ3) is 3.93. The highest BCUT2D eigenvalue weighted by atomic mass is 79.9. The third-order valence-electron chi connectivity index (χ3n) is 2.90. The highest BCUT2D eigenvalue weighted by Gasteiger charge is 2.29. The van der Waals surface area contributed by atoms with Crippen molar-refractivity contribution in [3.63, 3.8) is 0 Å². The molecular weight excluding hydrogens is 294 g/mol. The van der Waals surface area contributed by atoms with Crippen LogP contribution in [0.25, 0.3) is 0 Å². The minimum Gasteiger partial charge on any atom is -0.384 e. The number of hydrogen-bond donors (Lipinski definition) is 1. The van der Waals surface area contributed by atoms with Crippen LogP contribution in [0.4, 0.5) is 0 Å². The summed E-state index contributed by atoms with van der Waals surface area (Å²) in [5.41, 5.74) is -0.0539. The lowest BCUT2D eigenvalue weighted by atomic mass is 9.96. The number of aromatic nitrogens is 2. The number of allylic oxidation sites excluding steroid dienone is 1. The van der Waals surface area contributed by atoms with E-state index in [4.69, 9.17) is 0 Å². The molecule has 5 heteroatoms. The molecule has 0 aliphatic heterocycles. The van der Waals surface area contributed by atoms with Crippen LogP contribution in [0.15, 0.2) is 23.3 Å². The van der Waals surface area contributed by atoms with Gasteiger partial charge in [-0.1, -0.05) is 6.08 Å². The van der Waals surface area contributed by atoms with Crippen molar-refractivity contribution in [2.75, 3.05) is 20.6 Å². The smallest absolute Gasteiger partial charge is 0.105 e. The summed E-state index contributed by atoms with van der Waals surface area (Å²) >= 11 is 3.47. The molecule has 1 heterocycles. The Hall–Kier alpha value is -0.650. The standard InChI is InChI=1S/C13H22BrN3O/c1-5-6-7-13(2,18)12-11(14)10-15-17(12)9-8-16(3)4/h5,10,18H,1,6-9H2,2-4H3. The van der Waals surface area contributed by atoms with Crippen LogP contribution in [0.2, 0.25) is 0 Å². The molecule has 0 bridgehead atoms. The monoisotopic (exact) mass is 315 g/mol. The molecule has 1 aromatic rings. The van der Waals surface area contributed by atoms with Gasteiger partial charge in [0.05, 0.1) is 22.9 Å². The first-order valence-corrected chi connectivity index (χ1v) is 6.87. The SMILES string of the molecule is C=CCCC(C)(O)c1c(Br)cnn1CCN(C)C. The summed E-state index contributed by atoms with van der Waals surface area (Å²) in [6.45, 7) is 7.17. The van der Waals surface area contributed by atoms with E-state index < -0.39 is 5.60 Å². The summed E-state index contributed by atoms with van der Waals surface area (Å²) in [6.07, 6.45) is 4.98. The van der Waals surface area contributed by atoms with Gasteiger partial charge in [0.1, 0.15) is 5.60 Å². The van der Waals surface area contributed by atoms with Crippen molar-refractivity contribution < 1.29 is 5.11 Å². The van der Waals surface area contributed by atoms with E-state index in [0.717, 1.165) is 29.7 Å². The van der Waals surface area contributed by atoms with Crippen LogP contribution in [-0.4, -0.2) is 40.4 Å². The van der Waals surface area contributed by atoms with Gasteiger partial charge >= 0.3 is 0 Å². The zero-order valence-electron chi connectivity index (χ0n) is 11.4. The average Bonchev–Trinajstić information content (AvgIpc) is 2.66. The summed E-state index contributed by atoms with van der Waals surface area (Å²) in [6, 6.07) is 0. The molecule has 0 saturated heterocycles. The molecule has 0 aromatic carbocycles. The molecule has 18 heavy (non-hydrogen) atoms. The average molecular weight is 316 g/mol. The lowest BCUT2D eigenvalue weighted by Gasteiger charge is -2.25. The Morgan fingerprint density at radius 1 is 1.61 bits per heavy atom. The molecule has 0 fully saturated rings. The molecule has 1 unspecified atom stereocenters. The number of aliphatic hydroxyl groups is 1. The maximum atomic E-state index is 10.6. The molecule has 1 atom stereocenters. The van der Waals surface area contributed by atoms with Crippen molar-refractivity contribution in [2.24, 2.45) is 0 Å². The number of nitrogens with zero attached hydrogens (tertiary/aromatic N) is 3. The lowest BCUT2D eigenvalue weighted by molar-refractivity contribution is 0.0381. The van der Waals surface area contributed by atoms with Crippen molar-refractivity contribution in [2.45, 2.75) is 31.9 Å². The largest absolute Gasteiger partial charge is 0.384 e. The van der Waals surface area contributed by atoms with Gasteiger partial charge in [-0.25, -0.2) is 0 Å². The summed E-state index contributed by atoms with van der Waals surface area (Å²) in [5.74, 6) is 0. The van der Waals surface area contributed by atoms with Gasteiger partial charge in [-0.05, 0) is 49.8 Å². The van der Waals surface area contributed by atoms with Crippen molar-refractivity contribution in [1.82, 2.24) is 14.7 Å². The Labute approximate surface area is 117 Å². The number of halogens is 1. The minimum atomic E-state index is -0.893. The molecule has 102 valence electrons. The summed E-state index contributed by atoms with van der Waals surface area (Å²) in [4.78, 5) is 2.10. The molecule has 0 saturated carbocycles. The fraction of sp³-hybridized carbons (Fsp3) is 0.615. The first kappa shape index (κ1) is 15.4. The van der Waals surface area contributed by atoms with Gasteiger partial charge in [-0.2, -0.15) is 5.10 Å². The quantitative estimate of drug-likeness (QED) is 0.785. The van der Waals surface area contributed by atoms with Gasteiger partial charge in [-0.15, -0.1) is 6.58 Å². The van der Waals surface area contributed by atoms with E-state index in [9.17, 15) is 5.11 Å². The van der Waals surface area contributed by atoms with Gasteiger partial charge in [0.15, 0.2) is 0 Å². The van der Waals surface area contributed by atoms with E-state index in [1.54, 1.807) is 6.20 Å². The zero-order valence-corrected chi connectivity index (χ0v) is 12.9. The predicted molar refractivity (Wildman–Crippen MR) is 77.5 cm³/mol. The van der Waals surface area contributed by atoms with Gasteiger partial charge in [0.2, 0.25) is 0 Å². The van der Waals surface area contributed by atoms with Crippen LogP contribution in [0.5, 0.6) is 0 Å². The second-order valence-electron chi connectivity index (χ2n) is 4.97. The van der Waals surface area contributed by atoms with Crippen molar-refractivity contribution in [3.05, 3.63) is 29.0 Å². The van der Waals surface area contributed by atoms with Gasteiger partial charge in [0, 0.05) is 6.54 Å². The van der Waals surface area contributed by atoms with E-state index in [0.29, 0.717) is 6.42 Å². The summed E-state index contributed by atoms with van der Waals surface area (Å²) in [5, 5.41) is 14.9. The fourth-order valence-corrected chi connectivity index (χ4v) is 2.59. The maximum Gasteiger partial charge on any atom is 0.105 e. The predicted octanol–water partition coefficient (Wildman–Crippen LogP) is 2.38. The van der Waals surface area contributed by atoms with E-state index in [-0.39, 0.29) is 0 Å². The van der Waals surface area contributed by atoms with Gasteiger partial charge in [-0.3, -0.25) is 4.68 Å². The van der Waals surface area contributed by atoms with Crippen LogP contribution < -0.4 is 0 Å². The second-order valence-corrected chi connectivity index (χ2v) is 5.82. The van der Waals surface area contributed by atoms with Crippen molar-refractivity contribution >= 4 is 15.9 Å². The molecule has 0 amide bonds. The Kier molecular flexibility index (Phi) is 5.56. The molecule has 1 aromatic heterocycles. The summed E-state index contributed by atoms with van der Waals surface area (Å²) in [7, 11) is 4.04. The number of hydrogen-bond acceptors (Lipinski definition) is 3. The Balaban J connectivity index is 2.91. The van der Waals surface area contributed by atoms with Crippen molar-refractivity contribution in [3.8, 4) is 0 Å². The Bertz CT molecular complexity index is 399. The van der Waals surface area contributed by atoms with Crippen molar-refractivity contribution in [1.29, 1.82) is 0 Å². The third-order valence-corrected chi connectivity index (χ3v) is 3.48. The molecule has 0 spiro atoms. The van der Waals surface area contributed by atoms with Gasteiger partial charge in [0.25, 0.3) is 0 Å². The van der Waals surface area contributed by atoms with E-state index in [2.05, 4.69) is 32.5 Å². The van der Waals surface area contributed by atoms with E-state index in [1.807, 2.05) is 31.8 Å². The molecule has 4 nitrogen and oxygen atoms in total. The summed E-state index contributed by atoms with van der Waals surface area (Å²) < 4.78 is 2.73. The number of rotatable bonds is 7. The fourth-order valence-electron chi connectivity index (χ4n) is 1.86. The molecule has 1 N–H and O–H groups in total.